The molecule has 0 fully saturated rings. The molecule has 0 bridgehead atoms. The Morgan fingerprint density at radius 3 is 1.70 bits per heavy atom. The second-order valence-corrected chi connectivity index (χ2v) is 7.13. The van der Waals surface area contributed by atoms with Gasteiger partial charge in [-0.2, -0.15) is 0 Å². The molecule has 0 atom stereocenters. The summed E-state index contributed by atoms with van der Waals surface area (Å²) in [4.78, 5) is 11.4. The molecule has 0 amide bonds. The lowest BCUT2D eigenvalue weighted by molar-refractivity contribution is -0.145. The number of carbonyl (C=O) groups excluding carboxylic acids is 1. The smallest absolute Gasteiger partial charge is 0.305 e. The summed E-state index contributed by atoms with van der Waals surface area (Å²) >= 11 is 0. The lowest BCUT2D eigenvalue weighted by Crippen LogP contribution is -2.15. The van der Waals surface area contributed by atoms with Crippen LogP contribution in [0.1, 0.15) is 32.6 Å². The predicted octanol–water partition coefficient (Wildman–Crippen LogP) is 2.85. The minimum absolute atomic E-state index is 0.156. The first-order chi connectivity index (χ1) is 16.2. The molecule has 9 heteroatoms. The maximum Gasteiger partial charge on any atom is 0.305 e. The van der Waals surface area contributed by atoms with Crippen LogP contribution in [0.4, 0.5) is 5.69 Å². The van der Waals surface area contributed by atoms with Crippen LogP contribution in [0.3, 0.4) is 0 Å². The third-order valence-corrected chi connectivity index (χ3v) is 4.37. The van der Waals surface area contributed by atoms with Crippen molar-refractivity contribution in [3.63, 3.8) is 0 Å². The average Bonchev–Trinajstić information content (AvgIpc) is 2.82. The standard InChI is InChI=1S/C24H41NO8/c1-2-3-4-9-24(26)33-21-19-31-17-15-29-13-11-27-10-12-28-14-16-30-18-20-32-23-8-6-5-7-22(23)25/h5-8H,2-4,9-21,25H2,1H3. The molecule has 9 nitrogen and oxygen atoms in total. The summed E-state index contributed by atoms with van der Waals surface area (Å²) in [6, 6.07) is 7.37. The maximum atomic E-state index is 11.4. The molecule has 2 N–H and O–H groups in total. The van der Waals surface area contributed by atoms with Gasteiger partial charge in [-0.15, -0.1) is 0 Å². The molecular formula is C24H41NO8. The number of hydrogen-bond acceptors (Lipinski definition) is 9. The topological polar surface area (TPSA) is 108 Å². The number of carbonyl (C=O) groups is 1. The minimum atomic E-state index is -0.156. The highest BCUT2D eigenvalue weighted by molar-refractivity contribution is 5.69. The normalized spacial score (nSPS) is 10.9. The fourth-order valence-corrected chi connectivity index (χ4v) is 2.61. The van der Waals surface area contributed by atoms with Crippen molar-refractivity contribution in [2.24, 2.45) is 0 Å². The Balaban J connectivity index is 1.71. The van der Waals surface area contributed by atoms with E-state index in [9.17, 15) is 4.79 Å². The van der Waals surface area contributed by atoms with Crippen molar-refractivity contribution in [3.05, 3.63) is 24.3 Å². The highest BCUT2D eigenvalue weighted by Gasteiger charge is 2.02. The molecule has 0 saturated carbocycles. The minimum Gasteiger partial charge on any atom is -0.489 e. The Morgan fingerprint density at radius 2 is 1.18 bits per heavy atom. The average molecular weight is 472 g/mol. The van der Waals surface area contributed by atoms with E-state index in [0.29, 0.717) is 90.5 Å². The second kappa shape index (κ2) is 21.9. The first-order valence-electron chi connectivity index (χ1n) is 11.8. The van der Waals surface area contributed by atoms with Crippen molar-refractivity contribution >= 4 is 11.7 Å². The summed E-state index contributed by atoms with van der Waals surface area (Å²) in [6.07, 6.45) is 3.51. The number of esters is 1. The molecule has 1 rings (SSSR count). The molecule has 0 heterocycles. The number of ether oxygens (including phenoxy) is 7. The van der Waals surface area contributed by atoms with Crippen molar-refractivity contribution in [3.8, 4) is 5.75 Å². The largest absolute Gasteiger partial charge is 0.489 e. The fraction of sp³-hybridized carbons (Fsp3) is 0.708. The quantitative estimate of drug-likeness (QED) is 0.146. The van der Waals surface area contributed by atoms with E-state index in [2.05, 4.69) is 6.92 Å². The number of para-hydroxylation sites is 2. The van der Waals surface area contributed by atoms with Crippen LogP contribution in [0, 0.1) is 0 Å². The van der Waals surface area contributed by atoms with Gasteiger partial charge in [0.15, 0.2) is 0 Å². The Kier molecular flexibility index (Phi) is 19.3. The number of anilines is 1. The van der Waals surface area contributed by atoms with Crippen LogP contribution in [-0.2, 0) is 33.2 Å². The zero-order valence-corrected chi connectivity index (χ0v) is 20.0. The molecule has 0 aromatic heterocycles. The van der Waals surface area contributed by atoms with Crippen LogP contribution in [-0.4, -0.2) is 85.3 Å². The molecule has 33 heavy (non-hydrogen) atoms. The summed E-state index contributed by atoms with van der Waals surface area (Å²) in [5, 5.41) is 0. The van der Waals surface area contributed by atoms with Crippen molar-refractivity contribution in [1.29, 1.82) is 0 Å². The molecule has 0 aliphatic heterocycles. The van der Waals surface area contributed by atoms with E-state index in [4.69, 9.17) is 38.9 Å². The third-order valence-electron chi connectivity index (χ3n) is 4.37. The van der Waals surface area contributed by atoms with Gasteiger partial charge in [-0.05, 0) is 18.6 Å². The summed E-state index contributed by atoms with van der Waals surface area (Å²) in [6.45, 7) is 7.60. The van der Waals surface area contributed by atoms with Crippen LogP contribution >= 0.6 is 0 Å². The highest BCUT2D eigenvalue weighted by Crippen LogP contribution is 2.19. The van der Waals surface area contributed by atoms with Crippen molar-refractivity contribution in [2.75, 3.05) is 85.0 Å². The van der Waals surface area contributed by atoms with Gasteiger partial charge in [-0.25, -0.2) is 0 Å². The number of rotatable bonds is 23. The van der Waals surface area contributed by atoms with E-state index < -0.39 is 0 Å². The van der Waals surface area contributed by atoms with Crippen LogP contribution in [0.5, 0.6) is 5.75 Å². The second-order valence-electron chi connectivity index (χ2n) is 7.13. The van der Waals surface area contributed by atoms with Crippen molar-refractivity contribution in [2.45, 2.75) is 32.6 Å². The Bertz CT molecular complexity index is 587. The van der Waals surface area contributed by atoms with Crippen LogP contribution < -0.4 is 10.5 Å². The van der Waals surface area contributed by atoms with Gasteiger partial charge in [0.1, 0.15) is 19.0 Å². The van der Waals surface area contributed by atoms with E-state index in [1.54, 1.807) is 6.07 Å². The van der Waals surface area contributed by atoms with Gasteiger partial charge in [-0.1, -0.05) is 31.9 Å². The van der Waals surface area contributed by atoms with Crippen molar-refractivity contribution in [1.82, 2.24) is 0 Å². The van der Waals surface area contributed by atoms with Gasteiger partial charge >= 0.3 is 5.97 Å². The number of nitrogens with two attached hydrogens (primary N) is 1. The zero-order chi connectivity index (χ0) is 23.8. The molecule has 0 saturated heterocycles. The monoisotopic (exact) mass is 471 g/mol. The Labute approximate surface area is 197 Å². The van der Waals surface area contributed by atoms with E-state index in [1.807, 2.05) is 18.2 Å². The lowest BCUT2D eigenvalue weighted by Gasteiger charge is -2.09. The molecular weight excluding hydrogens is 430 g/mol. The van der Waals surface area contributed by atoms with Gasteiger partial charge in [0.2, 0.25) is 0 Å². The number of hydrogen-bond donors (Lipinski definition) is 1. The molecule has 0 spiro atoms. The van der Waals surface area contributed by atoms with Gasteiger partial charge < -0.3 is 38.9 Å². The molecule has 0 aliphatic rings. The molecule has 1 aromatic carbocycles. The fourth-order valence-electron chi connectivity index (χ4n) is 2.61. The van der Waals surface area contributed by atoms with E-state index >= 15 is 0 Å². The zero-order valence-electron chi connectivity index (χ0n) is 20.0. The van der Waals surface area contributed by atoms with Gasteiger partial charge in [0.05, 0.1) is 71.8 Å². The summed E-state index contributed by atoms with van der Waals surface area (Å²) in [5.41, 5.74) is 6.41. The first kappa shape index (κ1) is 29.1. The van der Waals surface area contributed by atoms with Gasteiger partial charge in [0.25, 0.3) is 0 Å². The summed E-state index contributed by atoms with van der Waals surface area (Å²) < 4.78 is 37.7. The summed E-state index contributed by atoms with van der Waals surface area (Å²) in [5.74, 6) is 0.512. The molecule has 1 aromatic rings. The maximum absolute atomic E-state index is 11.4. The predicted molar refractivity (Wildman–Crippen MR) is 126 cm³/mol. The Morgan fingerprint density at radius 1 is 0.697 bits per heavy atom. The van der Waals surface area contributed by atoms with Crippen molar-refractivity contribution < 1.29 is 38.0 Å². The highest BCUT2D eigenvalue weighted by atomic mass is 16.6. The van der Waals surface area contributed by atoms with Crippen LogP contribution in [0.2, 0.25) is 0 Å². The molecule has 0 radical (unpaired) electrons. The van der Waals surface area contributed by atoms with E-state index in [1.165, 1.54) is 0 Å². The summed E-state index contributed by atoms with van der Waals surface area (Å²) in [7, 11) is 0. The van der Waals surface area contributed by atoms with Gasteiger partial charge in [-0.3, -0.25) is 4.79 Å². The number of nitrogen functional groups attached to an aromatic ring is 1. The van der Waals surface area contributed by atoms with Crippen LogP contribution in [0.15, 0.2) is 24.3 Å². The van der Waals surface area contributed by atoms with E-state index in [0.717, 1.165) is 19.3 Å². The lowest BCUT2D eigenvalue weighted by atomic mass is 10.2. The third kappa shape index (κ3) is 18.2. The molecule has 190 valence electrons. The number of unbranched alkanes of at least 4 members (excludes halogenated alkanes) is 2. The molecule has 0 aliphatic carbocycles. The SMILES string of the molecule is CCCCCC(=O)OCCOCCOCCOCCOCCOCCOc1ccccc1N. The molecule has 0 unspecified atom stereocenters. The van der Waals surface area contributed by atoms with Crippen LogP contribution in [0.25, 0.3) is 0 Å². The first-order valence-corrected chi connectivity index (χ1v) is 11.8. The Hall–Kier alpha value is -1.91. The number of benzene rings is 1. The van der Waals surface area contributed by atoms with E-state index in [-0.39, 0.29) is 12.6 Å². The van der Waals surface area contributed by atoms with Gasteiger partial charge in [0, 0.05) is 6.42 Å².